The first kappa shape index (κ1) is 19.9. The first-order valence-corrected chi connectivity index (χ1v) is 11.3. The van der Waals surface area contributed by atoms with E-state index in [1.54, 1.807) is 24.3 Å². The van der Waals surface area contributed by atoms with Crippen molar-refractivity contribution in [3.63, 3.8) is 0 Å². The van der Waals surface area contributed by atoms with Gasteiger partial charge in [-0.1, -0.05) is 0 Å². The number of carbonyl (C=O) groups excluding carboxylic acids is 2. The van der Waals surface area contributed by atoms with Crippen molar-refractivity contribution >= 4 is 39.1 Å². The zero-order chi connectivity index (χ0) is 20.3. The van der Waals surface area contributed by atoms with Crippen LogP contribution in [0.15, 0.2) is 53.4 Å². The van der Waals surface area contributed by atoms with E-state index in [0.717, 1.165) is 6.26 Å². The van der Waals surface area contributed by atoms with Crippen LogP contribution in [0.1, 0.15) is 15.9 Å². The molecule has 0 aromatic heterocycles. The number of benzene rings is 2. The third-order valence-corrected chi connectivity index (χ3v) is 6.40. The minimum absolute atomic E-state index is 0.134. The fourth-order valence-corrected chi connectivity index (χ4v) is 4.51. The first-order valence-electron chi connectivity index (χ1n) is 8.29. The van der Waals surface area contributed by atoms with Crippen molar-refractivity contribution in [2.45, 2.75) is 10.9 Å². The second-order valence-corrected chi connectivity index (χ2v) is 9.28. The van der Waals surface area contributed by atoms with Crippen LogP contribution in [0.4, 0.5) is 5.69 Å². The van der Waals surface area contributed by atoms with Gasteiger partial charge in [-0.05, 0) is 48.5 Å². The largest absolute Gasteiger partial charge is 0.324 e. The van der Waals surface area contributed by atoms with Gasteiger partial charge in [-0.15, -0.1) is 11.8 Å². The molecule has 0 aliphatic carbocycles. The molecular weight excluding hydrogens is 398 g/mol. The predicted molar refractivity (Wildman–Crippen MR) is 107 cm³/mol. The zero-order valence-corrected chi connectivity index (χ0v) is 16.6. The molecule has 0 radical (unpaired) electrons. The molecule has 1 aliphatic rings. The van der Waals surface area contributed by atoms with Crippen molar-refractivity contribution in [1.82, 2.24) is 4.90 Å². The third-order valence-electron chi connectivity index (χ3n) is 4.26. The Hall–Kier alpha value is -2.83. The van der Waals surface area contributed by atoms with Crippen LogP contribution in [0.2, 0.25) is 0 Å². The molecule has 2 aromatic rings. The number of carbonyl (C=O) groups is 2. The molecule has 7 nitrogen and oxygen atoms in total. The molecule has 9 heteroatoms. The van der Waals surface area contributed by atoms with Gasteiger partial charge in [0.2, 0.25) is 5.91 Å². The number of thioether (sulfide) groups is 1. The Bertz CT molecular complexity index is 1040. The molecule has 3 rings (SSSR count). The molecule has 2 amide bonds. The average molecular weight is 415 g/mol. The molecular formula is C19H17N3O4S2. The first-order chi connectivity index (χ1) is 13.3. The summed E-state index contributed by atoms with van der Waals surface area (Å²) in [6.07, 6.45) is 1.10. The summed E-state index contributed by atoms with van der Waals surface area (Å²) in [7, 11) is -3.34. The fourth-order valence-electron chi connectivity index (χ4n) is 2.72. The quantitative estimate of drug-likeness (QED) is 0.820. The van der Waals surface area contributed by atoms with Crippen LogP contribution in [-0.2, 0) is 14.6 Å². The molecule has 1 aliphatic heterocycles. The molecule has 1 fully saturated rings. The van der Waals surface area contributed by atoms with E-state index in [4.69, 9.17) is 5.26 Å². The number of sulfone groups is 1. The summed E-state index contributed by atoms with van der Waals surface area (Å²) in [5.74, 6) is 0.203. The lowest BCUT2D eigenvalue weighted by molar-refractivity contribution is -0.119. The van der Waals surface area contributed by atoms with Gasteiger partial charge in [-0.25, -0.2) is 8.42 Å². The molecule has 144 valence electrons. The highest BCUT2D eigenvalue weighted by Gasteiger charge is 2.35. The monoisotopic (exact) mass is 415 g/mol. The highest BCUT2D eigenvalue weighted by molar-refractivity contribution is 7.99. The Morgan fingerprint density at radius 3 is 2.36 bits per heavy atom. The highest BCUT2D eigenvalue weighted by Crippen LogP contribution is 2.25. The second-order valence-electron chi connectivity index (χ2n) is 6.27. The average Bonchev–Trinajstić information content (AvgIpc) is 3.17. The molecule has 1 heterocycles. The van der Waals surface area contributed by atoms with Crippen molar-refractivity contribution in [1.29, 1.82) is 5.26 Å². The van der Waals surface area contributed by atoms with Crippen LogP contribution in [0.3, 0.4) is 0 Å². The molecule has 1 N–H and O–H groups in total. The minimum Gasteiger partial charge on any atom is -0.324 e. The summed E-state index contributed by atoms with van der Waals surface area (Å²) < 4.78 is 23.1. The van der Waals surface area contributed by atoms with Crippen LogP contribution >= 0.6 is 11.8 Å². The maximum atomic E-state index is 12.8. The number of nitrogens with one attached hydrogen (secondary N) is 1. The number of hydrogen-bond donors (Lipinski definition) is 1. The third kappa shape index (κ3) is 4.35. The Morgan fingerprint density at radius 2 is 1.79 bits per heavy atom. The van der Waals surface area contributed by atoms with Gasteiger partial charge >= 0.3 is 0 Å². The minimum atomic E-state index is -3.34. The summed E-state index contributed by atoms with van der Waals surface area (Å²) >= 11 is 1.47. The Balaban J connectivity index is 1.73. The lowest BCUT2D eigenvalue weighted by Crippen LogP contribution is -2.44. The van der Waals surface area contributed by atoms with E-state index in [1.807, 2.05) is 6.07 Å². The summed E-state index contributed by atoms with van der Waals surface area (Å²) in [4.78, 5) is 27.0. The van der Waals surface area contributed by atoms with Crippen LogP contribution in [0, 0.1) is 11.3 Å². The van der Waals surface area contributed by atoms with Crippen molar-refractivity contribution in [3.8, 4) is 6.07 Å². The number of anilines is 1. The lowest BCUT2D eigenvalue weighted by Gasteiger charge is -2.23. The van der Waals surface area contributed by atoms with Gasteiger partial charge in [-0.3, -0.25) is 9.59 Å². The summed E-state index contributed by atoms with van der Waals surface area (Å²) in [6, 6.07) is 13.5. The molecule has 1 saturated heterocycles. The van der Waals surface area contributed by atoms with Gasteiger partial charge in [0.05, 0.1) is 22.4 Å². The van der Waals surface area contributed by atoms with Crippen molar-refractivity contribution in [3.05, 3.63) is 59.7 Å². The standard InChI is InChI=1S/C19H17N3O4S2/c1-28(25,26)16-8-4-14(5-9-16)19(24)22-12-27-11-17(22)18(23)21-15-6-2-13(10-20)3-7-15/h2-9,17H,11-12H2,1H3,(H,21,23). The van der Waals surface area contributed by atoms with E-state index in [1.165, 1.54) is 40.9 Å². The van der Waals surface area contributed by atoms with E-state index in [0.29, 0.717) is 28.4 Å². The summed E-state index contributed by atoms with van der Waals surface area (Å²) in [5, 5.41) is 11.6. The van der Waals surface area contributed by atoms with Gasteiger partial charge in [0, 0.05) is 23.3 Å². The summed E-state index contributed by atoms with van der Waals surface area (Å²) in [6.45, 7) is 0. The Labute approximate surface area is 167 Å². The normalized spacial score (nSPS) is 16.4. The van der Waals surface area contributed by atoms with Crippen LogP contribution in [0.25, 0.3) is 0 Å². The van der Waals surface area contributed by atoms with Crippen molar-refractivity contribution in [2.24, 2.45) is 0 Å². The van der Waals surface area contributed by atoms with Crippen molar-refractivity contribution < 1.29 is 18.0 Å². The maximum Gasteiger partial charge on any atom is 0.255 e. The Morgan fingerprint density at radius 1 is 1.14 bits per heavy atom. The zero-order valence-electron chi connectivity index (χ0n) is 15.0. The molecule has 28 heavy (non-hydrogen) atoms. The van der Waals surface area contributed by atoms with Crippen LogP contribution in [-0.4, -0.2) is 49.1 Å². The van der Waals surface area contributed by atoms with Crippen LogP contribution in [0.5, 0.6) is 0 Å². The number of rotatable bonds is 4. The smallest absolute Gasteiger partial charge is 0.255 e. The van der Waals surface area contributed by atoms with Gasteiger partial charge in [0.25, 0.3) is 5.91 Å². The molecule has 1 unspecified atom stereocenters. The molecule has 0 bridgehead atoms. The van der Waals surface area contributed by atoms with Gasteiger partial charge in [0.1, 0.15) is 6.04 Å². The summed E-state index contributed by atoms with van der Waals surface area (Å²) in [5.41, 5.74) is 1.36. The fraction of sp³-hybridized carbons (Fsp3) is 0.211. The SMILES string of the molecule is CS(=O)(=O)c1ccc(C(=O)N2CSCC2C(=O)Nc2ccc(C#N)cc2)cc1. The Kier molecular flexibility index (Phi) is 5.72. The van der Waals surface area contributed by atoms with Crippen LogP contribution < -0.4 is 5.32 Å². The lowest BCUT2D eigenvalue weighted by atomic mass is 10.1. The van der Waals surface area contributed by atoms with E-state index in [-0.39, 0.29) is 16.7 Å². The van der Waals surface area contributed by atoms with E-state index in [2.05, 4.69) is 5.32 Å². The molecule has 1 atom stereocenters. The number of nitrogens with zero attached hydrogens (tertiary/aromatic N) is 2. The predicted octanol–water partition coefficient (Wildman–Crippen LogP) is 2.12. The van der Waals surface area contributed by atoms with E-state index < -0.39 is 15.9 Å². The van der Waals surface area contributed by atoms with Gasteiger partial charge < -0.3 is 10.2 Å². The topological polar surface area (TPSA) is 107 Å². The second kappa shape index (κ2) is 8.04. The molecule has 0 saturated carbocycles. The van der Waals surface area contributed by atoms with Gasteiger partial charge in [-0.2, -0.15) is 5.26 Å². The van der Waals surface area contributed by atoms with E-state index >= 15 is 0 Å². The highest BCUT2D eigenvalue weighted by atomic mass is 32.2. The number of hydrogen-bond acceptors (Lipinski definition) is 6. The maximum absolute atomic E-state index is 12.8. The molecule has 2 aromatic carbocycles. The molecule has 0 spiro atoms. The van der Waals surface area contributed by atoms with Gasteiger partial charge in [0.15, 0.2) is 9.84 Å². The number of nitriles is 1. The van der Waals surface area contributed by atoms with Crippen molar-refractivity contribution in [2.75, 3.05) is 23.2 Å². The van der Waals surface area contributed by atoms with E-state index in [9.17, 15) is 18.0 Å². The number of amides is 2.